The molecule has 0 unspecified atom stereocenters. The summed E-state index contributed by atoms with van der Waals surface area (Å²) in [7, 11) is 0. The molecule has 3 aromatic rings. The van der Waals surface area contributed by atoms with Crippen molar-refractivity contribution < 1.29 is 9.47 Å². The fourth-order valence-corrected chi connectivity index (χ4v) is 2.46. The molecule has 2 aromatic carbocycles. The van der Waals surface area contributed by atoms with Crippen LogP contribution in [0.2, 0.25) is 0 Å². The third-order valence-corrected chi connectivity index (χ3v) is 3.59. The molecule has 4 N–H and O–H groups in total. The van der Waals surface area contributed by atoms with Crippen LogP contribution >= 0.6 is 11.3 Å². The van der Waals surface area contributed by atoms with Gasteiger partial charge in [0.2, 0.25) is 0 Å². The molecule has 106 valence electrons. The van der Waals surface area contributed by atoms with Gasteiger partial charge < -0.3 is 20.9 Å². The third kappa shape index (κ3) is 3.46. The van der Waals surface area contributed by atoms with Crippen molar-refractivity contribution >= 4 is 22.7 Å². The predicted octanol–water partition coefficient (Wildman–Crippen LogP) is 4.50. The summed E-state index contributed by atoms with van der Waals surface area (Å²) < 4.78 is 11.5. The number of benzene rings is 2. The molecule has 0 aliphatic rings. The van der Waals surface area contributed by atoms with Crippen LogP contribution in [0.15, 0.2) is 60.7 Å². The van der Waals surface area contributed by atoms with Crippen molar-refractivity contribution in [2.24, 2.45) is 0 Å². The molecule has 0 radical (unpaired) electrons. The quantitative estimate of drug-likeness (QED) is 0.696. The van der Waals surface area contributed by atoms with Crippen molar-refractivity contribution in [1.29, 1.82) is 0 Å². The largest absolute Gasteiger partial charge is 0.447 e. The zero-order chi connectivity index (χ0) is 14.7. The first kappa shape index (κ1) is 13.3. The van der Waals surface area contributed by atoms with Crippen molar-refractivity contribution in [3.05, 3.63) is 60.7 Å². The molecule has 1 aromatic heterocycles. The van der Waals surface area contributed by atoms with E-state index >= 15 is 0 Å². The Kier molecular flexibility index (Phi) is 3.66. The van der Waals surface area contributed by atoms with E-state index < -0.39 is 0 Å². The summed E-state index contributed by atoms with van der Waals surface area (Å²) in [4.78, 5) is 0. The highest BCUT2D eigenvalue weighted by Gasteiger charge is 2.05. The van der Waals surface area contributed by atoms with Crippen molar-refractivity contribution in [2.45, 2.75) is 0 Å². The zero-order valence-electron chi connectivity index (χ0n) is 11.2. The Hall–Kier alpha value is -2.66. The summed E-state index contributed by atoms with van der Waals surface area (Å²) >= 11 is 1.42. The third-order valence-electron chi connectivity index (χ3n) is 2.75. The van der Waals surface area contributed by atoms with E-state index in [1.165, 1.54) is 11.3 Å². The smallest absolute Gasteiger partial charge is 0.184 e. The lowest BCUT2D eigenvalue weighted by Gasteiger charge is -2.03. The van der Waals surface area contributed by atoms with Crippen LogP contribution in [-0.4, -0.2) is 0 Å². The van der Waals surface area contributed by atoms with Gasteiger partial charge in [-0.1, -0.05) is 11.3 Å². The van der Waals surface area contributed by atoms with Crippen LogP contribution in [0, 0.1) is 0 Å². The first-order valence-corrected chi connectivity index (χ1v) is 7.17. The summed E-state index contributed by atoms with van der Waals surface area (Å²) in [6.07, 6.45) is 0. The number of nitrogen functional groups attached to an aromatic ring is 2. The Bertz CT molecular complexity index is 659. The second-order valence-electron chi connectivity index (χ2n) is 4.42. The Balaban J connectivity index is 1.68. The number of nitrogens with two attached hydrogens (primary N) is 2. The molecule has 4 nitrogen and oxygen atoms in total. The van der Waals surface area contributed by atoms with E-state index in [0.717, 1.165) is 21.6 Å². The van der Waals surface area contributed by atoms with Crippen LogP contribution in [-0.2, 0) is 0 Å². The second-order valence-corrected chi connectivity index (χ2v) is 5.42. The number of hydrogen-bond donors (Lipinski definition) is 2. The van der Waals surface area contributed by atoms with Crippen molar-refractivity contribution in [3.8, 4) is 21.6 Å². The van der Waals surface area contributed by atoms with Crippen molar-refractivity contribution in [3.63, 3.8) is 0 Å². The Labute approximate surface area is 126 Å². The number of anilines is 2. The first-order valence-electron chi connectivity index (χ1n) is 6.36. The van der Waals surface area contributed by atoms with E-state index in [1.54, 1.807) is 24.3 Å². The predicted molar refractivity (Wildman–Crippen MR) is 86.2 cm³/mol. The SMILES string of the molecule is Nc1ccc(Oc2ccc(Oc3ccc(N)cc3)s2)cc1. The van der Waals surface area contributed by atoms with E-state index in [1.807, 2.05) is 36.4 Å². The van der Waals surface area contributed by atoms with Crippen molar-refractivity contribution in [1.82, 2.24) is 0 Å². The van der Waals surface area contributed by atoms with E-state index in [4.69, 9.17) is 20.9 Å². The molecular formula is C16H14N2O2S. The number of ether oxygens (including phenoxy) is 2. The van der Waals surface area contributed by atoms with E-state index in [9.17, 15) is 0 Å². The maximum atomic E-state index is 5.73. The van der Waals surface area contributed by atoms with Gasteiger partial charge in [-0.2, -0.15) is 0 Å². The molecule has 0 bridgehead atoms. The summed E-state index contributed by atoms with van der Waals surface area (Å²) in [5, 5.41) is 1.51. The first-order chi connectivity index (χ1) is 10.2. The molecule has 3 rings (SSSR count). The second kappa shape index (κ2) is 5.76. The van der Waals surface area contributed by atoms with Crippen LogP contribution in [0.3, 0.4) is 0 Å². The summed E-state index contributed by atoms with van der Waals surface area (Å²) in [5.41, 5.74) is 12.7. The highest BCUT2D eigenvalue weighted by molar-refractivity contribution is 7.15. The number of rotatable bonds is 4. The van der Waals surface area contributed by atoms with E-state index in [2.05, 4.69) is 0 Å². The molecule has 0 aliphatic carbocycles. The summed E-state index contributed by atoms with van der Waals surface area (Å²) in [5.74, 6) is 1.48. The van der Waals surface area contributed by atoms with E-state index in [-0.39, 0.29) is 0 Å². The Morgan fingerprint density at radius 1 is 0.571 bits per heavy atom. The molecule has 0 fully saturated rings. The maximum Gasteiger partial charge on any atom is 0.184 e. The number of thiophene rings is 1. The molecule has 5 heteroatoms. The molecule has 0 amide bonds. The van der Waals surface area contributed by atoms with Gasteiger partial charge in [-0.25, -0.2) is 0 Å². The molecule has 0 spiro atoms. The Morgan fingerprint density at radius 3 is 1.33 bits per heavy atom. The molecule has 1 heterocycles. The lowest BCUT2D eigenvalue weighted by atomic mass is 10.3. The molecule has 0 saturated carbocycles. The molecule has 0 aliphatic heterocycles. The molecule has 0 atom stereocenters. The topological polar surface area (TPSA) is 70.5 Å². The lowest BCUT2D eigenvalue weighted by molar-refractivity contribution is 0.494. The fraction of sp³-hybridized carbons (Fsp3) is 0. The van der Waals surface area contributed by atoms with Gasteiger partial charge in [0.25, 0.3) is 0 Å². The van der Waals surface area contributed by atoms with Crippen molar-refractivity contribution in [2.75, 3.05) is 11.5 Å². The van der Waals surface area contributed by atoms with Gasteiger partial charge in [-0.3, -0.25) is 0 Å². The van der Waals surface area contributed by atoms with Crippen LogP contribution < -0.4 is 20.9 Å². The average Bonchev–Trinajstić information content (AvgIpc) is 2.91. The molecule has 0 saturated heterocycles. The zero-order valence-corrected chi connectivity index (χ0v) is 12.0. The Morgan fingerprint density at radius 2 is 0.952 bits per heavy atom. The van der Waals surface area contributed by atoms with Crippen LogP contribution in [0.1, 0.15) is 0 Å². The summed E-state index contributed by atoms with van der Waals surface area (Å²) in [6, 6.07) is 18.3. The van der Waals surface area contributed by atoms with E-state index in [0.29, 0.717) is 11.4 Å². The van der Waals surface area contributed by atoms with Gasteiger partial charge in [-0.15, -0.1) is 0 Å². The van der Waals surface area contributed by atoms with Gasteiger partial charge in [-0.05, 0) is 60.7 Å². The highest BCUT2D eigenvalue weighted by Crippen LogP contribution is 2.36. The van der Waals surface area contributed by atoms with Gasteiger partial charge in [0, 0.05) is 11.4 Å². The monoisotopic (exact) mass is 298 g/mol. The minimum atomic E-state index is 0.709. The molecular weight excluding hydrogens is 284 g/mol. The minimum absolute atomic E-state index is 0.709. The minimum Gasteiger partial charge on any atom is -0.447 e. The van der Waals surface area contributed by atoms with Gasteiger partial charge in [0.15, 0.2) is 10.1 Å². The average molecular weight is 298 g/mol. The molecule has 21 heavy (non-hydrogen) atoms. The number of hydrogen-bond acceptors (Lipinski definition) is 5. The van der Waals surface area contributed by atoms with Crippen LogP contribution in [0.4, 0.5) is 11.4 Å². The van der Waals surface area contributed by atoms with Gasteiger partial charge in [0.1, 0.15) is 11.5 Å². The maximum absolute atomic E-state index is 5.73. The highest BCUT2D eigenvalue weighted by atomic mass is 32.1. The van der Waals surface area contributed by atoms with Gasteiger partial charge in [0.05, 0.1) is 0 Å². The lowest BCUT2D eigenvalue weighted by Crippen LogP contribution is -1.85. The van der Waals surface area contributed by atoms with Gasteiger partial charge >= 0.3 is 0 Å². The standard InChI is InChI=1S/C16H14N2O2S/c17-11-1-5-13(6-2-11)19-15-9-10-16(21-15)20-14-7-3-12(18)4-8-14/h1-10H,17-18H2. The van der Waals surface area contributed by atoms with Crippen LogP contribution in [0.5, 0.6) is 21.6 Å². The van der Waals surface area contributed by atoms with Crippen LogP contribution in [0.25, 0.3) is 0 Å². The fourth-order valence-electron chi connectivity index (χ4n) is 1.72. The summed E-state index contributed by atoms with van der Waals surface area (Å²) in [6.45, 7) is 0. The normalized spacial score (nSPS) is 10.3.